The minimum Gasteiger partial charge on any atom is -0.478 e. The van der Waals surface area contributed by atoms with Crippen molar-refractivity contribution >= 4 is 17.8 Å². The molecule has 23 heavy (non-hydrogen) atoms. The van der Waals surface area contributed by atoms with Crippen LogP contribution < -0.4 is 16.8 Å². The summed E-state index contributed by atoms with van der Waals surface area (Å²) in [5.74, 6) is -2.89. The highest BCUT2D eigenvalue weighted by Gasteiger charge is 2.43. The molecule has 1 rings (SSSR count). The summed E-state index contributed by atoms with van der Waals surface area (Å²) in [4.78, 5) is 26.3. The lowest BCUT2D eigenvalue weighted by molar-refractivity contribution is -0.145. The summed E-state index contributed by atoms with van der Waals surface area (Å²) < 4.78 is 5.13. The van der Waals surface area contributed by atoms with Gasteiger partial charge >= 0.3 is 5.97 Å². The van der Waals surface area contributed by atoms with Crippen LogP contribution in [0.4, 0.5) is 0 Å². The van der Waals surface area contributed by atoms with Gasteiger partial charge in [0.1, 0.15) is 18.3 Å². The number of rotatable bonds is 6. The molecule has 0 aromatic rings. The van der Waals surface area contributed by atoms with Gasteiger partial charge in [0.25, 0.3) is 0 Å². The second-order valence-electron chi connectivity index (χ2n) is 4.93. The Balaban J connectivity index is 3.28. The van der Waals surface area contributed by atoms with Crippen molar-refractivity contribution in [2.75, 3.05) is 6.61 Å². The number of aliphatic imine (C=N–C) groups is 1. The van der Waals surface area contributed by atoms with Gasteiger partial charge in [-0.05, 0) is 6.08 Å². The minimum atomic E-state index is -1.70. The summed E-state index contributed by atoms with van der Waals surface area (Å²) in [6.07, 6.45) is -3.65. The van der Waals surface area contributed by atoms with Crippen molar-refractivity contribution in [1.29, 1.82) is 0 Å². The summed E-state index contributed by atoms with van der Waals surface area (Å²) in [7, 11) is 0. The van der Waals surface area contributed by atoms with Crippen LogP contribution in [0.5, 0.6) is 0 Å². The van der Waals surface area contributed by atoms with E-state index in [2.05, 4.69) is 10.3 Å². The highest BCUT2D eigenvalue weighted by molar-refractivity contribution is 5.85. The Morgan fingerprint density at radius 1 is 1.43 bits per heavy atom. The van der Waals surface area contributed by atoms with E-state index in [0.717, 1.165) is 6.08 Å². The third-order valence-corrected chi connectivity index (χ3v) is 3.10. The zero-order valence-electron chi connectivity index (χ0n) is 12.3. The maximum atomic E-state index is 11.4. The number of carboxylic acids is 1. The normalized spacial score (nSPS) is 26.3. The van der Waals surface area contributed by atoms with E-state index in [1.54, 1.807) is 0 Å². The standard InChI is InChI=1S/C12H20N4O7/c1-4(18)15-8-5(16-12(13)14)2-7(11(21)22)23-10(8)9(20)6(19)3-17/h2,5-6,8-10,17,19-20H,3H2,1H3,(H,15,18)(H,21,22)(H4,13,14,16)/t5?,6-,8?,9-,10?/m1/s1. The fourth-order valence-corrected chi connectivity index (χ4v) is 2.14. The van der Waals surface area contributed by atoms with Crippen LogP contribution in [0, 0.1) is 0 Å². The van der Waals surface area contributed by atoms with Gasteiger partial charge < -0.3 is 41.9 Å². The molecule has 0 aliphatic carbocycles. The highest BCUT2D eigenvalue weighted by atomic mass is 16.5. The molecule has 11 heteroatoms. The van der Waals surface area contributed by atoms with Crippen LogP contribution in [0.1, 0.15) is 6.92 Å². The summed E-state index contributed by atoms with van der Waals surface area (Å²) in [5, 5.41) is 40.1. The summed E-state index contributed by atoms with van der Waals surface area (Å²) >= 11 is 0. The average molecular weight is 332 g/mol. The second kappa shape index (κ2) is 7.76. The number of aliphatic hydroxyl groups excluding tert-OH is 3. The first-order valence-electron chi connectivity index (χ1n) is 6.62. The molecule has 5 atom stereocenters. The molecular weight excluding hydrogens is 312 g/mol. The predicted molar refractivity (Wildman–Crippen MR) is 76.9 cm³/mol. The SMILES string of the molecule is CC(=O)NC1C(N=C(N)N)C=C(C(=O)O)OC1[C@H](O)[C@H](O)CO. The molecule has 0 bridgehead atoms. The summed E-state index contributed by atoms with van der Waals surface area (Å²) in [5.41, 5.74) is 10.6. The number of carbonyl (C=O) groups is 2. The number of aliphatic carboxylic acids is 1. The molecule has 0 aromatic carbocycles. The number of ether oxygens (including phenoxy) is 1. The summed E-state index contributed by atoms with van der Waals surface area (Å²) in [6, 6.07) is -2.11. The van der Waals surface area contributed by atoms with Crippen molar-refractivity contribution in [3.05, 3.63) is 11.8 Å². The fraction of sp³-hybridized carbons (Fsp3) is 0.583. The molecule has 0 saturated carbocycles. The van der Waals surface area contributed by atoms with Gasteiger partial charge in [0.15, 0.2) is 5.96 Å². The van der Waals surface area contributed by atoms with Crippen molar-refractivity contribution in [2.45, 2.75) is 37.3 Å². The van der Waals surface area contributed by atoms with Gasteiger partial charge in [-0.1, -0.05) is 0 Å². The van der Waals surface area contributed by atoms with E-state index in [0.29, 0.717) is 0 Å². The number of carboxylic acid groups (broad SMARTS) is 1. The van der Waals surface area contributed by atoms with E-state index >= 15 is 0 Å². The van der Waals surface area contributed by atoms with Crippen LogP contribution in [0.25, 0.3) is 0 Å². The van der Waals surface area contributed by atoms with E-state index in [-0.39, 0.29) is 5.96 Å². The number of aliphatic hydroxyl groups is 3. The highest BCUT2D eigenvalue weighted by Crippen LogP contribution is 2.24. The van der Waals surface area contributed by atoms with Gasteiger partial charge in [-0.2, -0.15) is 0 Å². The number of nitrogens with one attached hydrogen (secondary N) is 1. The minimum absolute atomic E-state index is 0.371. The topological polar surface area (TPSA) is 201 Å². The number of hydrogen-bond acceptors (Lipinski definition) is 7. The Hall–Kier alpha value is -2.37. The van der Waals surface area contributed by atoms with E-state index in [1.807, 2.05) is 0 Å². The molecule has 9 N–H and O–H groups in total. The molecular formula is C12H20N4O7. The van der Waals surface area contributed by atoms with Crippen molar-refractivity contribution < 1.29 is 34.8 Å². The fourth-order valence-electron chi connectivity index (χ4n) is 2.14. The smallest absolute Gasteiger partial charge is 0.370 e. The summed E-state index contributed by atoms with van der Waals surface area (Å²) in [6.45, 7) is 0.391. The van der Waals surface area contributed by atoms with Gasteiger partial charge in [-0.15, -0.1) is 0 Å². The first-order valence-corrected chi connectivity index (χ1v) is 6.62. The Morgan fingerprint density at radius 2 is 2.04 bits per heavy atom. The molecule has 130 valence electrons. The molecule has 0 saturated heterocycles. The zero-order chi connectivity index (χ0) is 17.7. The average Bonchev–Trinajstić information content (AvgIpc) is 2.45. The molecule has 11 nitrogen and oxygen atoms in total. The maximum Gasteiger partial charge on any atom is 0.370 e. The van der Waals surface area contributed by atoms with E-state index in [4.69, 9.17) is 26.4 Å². The Morgan fingerprint density at radius 3 is 2.48 bits per heavy atom. The van der Waals surface area contributed by atoms with Crippen LogP contribution in [0.3, 0.4) is 0 Å². The maximum absolute atomic E-state index is 11.4. The first kappa shape index (κ1) is 18.7. The van der Waals surface area contributed by atoms with Crippen LogP contribution in [0.2, 0.25) is 0 Å². The van der Waals surface area contributed by atoms with Gasteiger partial charge in [0.05, 0.1) is 18.7 Å². The molecule has 0 fully saturated rings. The quantitative estimate of drug-likeness (QED) is 0.188. The number of carbonyl (C=O) groups excluding carboxylic acids is 1. The molecule has 1 heterocycles. The van der Waals surface area contributed by atoms with E-state index in [9.17, 15) is 19.8 Å². The van der Waals surface area contributed by atoms with Crippen LogP contribution >= 0.6 is 0 Å². The number of guanidine groups is 1. The molecule has 1 aliphatic rings. The molecule has 3 unspecified atom stereocenters. The van der Waals surface area contributed by atoms with Crippen molar-refractivity contribution in [3.63, 3.8) is 0 Å². The first-order chi connectivity index (χ1) is 10.7. The molecule has 1 amide bonds. The Bertz CT molecular complexity index is 518. The lowest BCUT2D eigenvalue weighted by Crippen LogP contribution is -2.59. The molecule has 0 aromatic heterocycles. The van der Waals surface area contributed by atoms with Gasteiger partial charge in [-0.25, -0.2) is 9.79 Å². The van der Waals surface area contributed by atoms with Gasteiger partial charge in [-0.3, -0.25) is 4.79 Å². The molecule has 0 spiro atoms. The number of nitrogens with zero attached hydrogens (tertiary/aromatic N) is 1. The second-order valence-corrected chi connectivity index (χ2v) is 4.93. The largest absolute Gasteiger partial charge is 0.478 e. The van der Waals surface area contributed by atoms with Crippen molar-refractivity contribution in [1.82, 2.24) is 5.32 Å². The monoisotopic (exact) mass is 332 g/mol. The number of nitrogens with two attached hydrogens (primary N) is 2. The van der Waals surface area contributed by atoms with Crippen LogP contribution in [-0.4, -0.2) is 75.3 Å². The molecule has 0 radical (unpaired) electrons. The lowest BCUT2D eigenvalue weighted by Gasteiger charge is -2.38. The molecule has 1 aliphatic heterocycles. The van der Waals surface area contributed by atoms with E-state index in [1.165, 1.54) is 6.92 Å². The lowest BCUT2D eigenvalue weighted by atomic mass is 9.92. The van der Waals surface area contributed by atoms with Crippen molar-refractivity contribution in [3.8, 4) is 0 Å². The van der Waals surface area contributed by atoms with Crippen molar-refractivity contribution in [2.24, 2.45) is 16.5 Å². The van der Waals surface area contributed by atoms with Gasteiger partial charge in [0, 0.05) is 6.92 Å². The predicted octanol–water partition coefficient (Wildman–Crippen LogP) is -3.79. The van der Waals surface area contributed by atoms with Crippen LogP contribution in [0.15, 0.2) is 16.8 Å². The Labute approximate surface area is 131 Å². The third-order valence-electron chi connectivity index (χ3n) is 3.10. The zero-order valence-corrected chi connectivity index (χ0v) is 12.3. The Kier molecular flexibility index (Phi) is 6.30. The third kappa shape index (κ3) is 4.81. The number of hydrogen-bond donors (Lipinski definition) is 7. The van der Waals surface area contributed by atoms with Crippen LogP contribution in [-0.2, 0) is 14.3 Å². The van der Waals surface area contributed by atoms with Gasteiger partial charge in [0.2, 0.25) is 11.7 Å². The number of amides is 1. The van der Waals surface area contributed by atoms with E-state index < -0.39 is 54.6 Å².